The van der Waals surface area contributed by atoms with Crippen LogP contribution >= 0.6 is 0 Å². The quantitative estimate of drug-likeness (QED) is 0.180. The van der Waals surface area contributed by atoms with E-state index in [0.717, 1.165) is 50.6 Å². The Bertz CT molecular complexity index is 3560. The molecule has 0 saturated carbocycles. The molecular weight excluding hydrogens is 709 g/mol. The van der Waals surface area contributed by atoms with Crippen LogP contribution in [0.4, 0.5) is 11.4 Å². The summed E-state index contributed by atoms with van der Waals surface area (Å²) in [5.41, 5.74) is 17.1. The third-order valence-electron chi connectivity index (χ3n) is 12.5. The van der Waals surface area contributed by atoms with Crippen LogP contribution in [0.1, 0.15) is 23.5 Å². The van der Waals surface area contributed by atoms with E-state index < -0.39 is 0 Å². The first-order valence-corrected chi connectivity index (χ1v) is 20.0. The Morgan fingerprint density at radius 1 is 0.448 bits per heavy atom. The molecule has 0 saturated heterocycles. The van der Waals surface area contributed by atoms with Gasteiger partial charge in [0.1, 0.15) is 22.3 Å². The van der Waals surface area contributed by atoms with E-state index in [1.54, 1.807) is 0 Å². The minimum absolute atomic E-state index is 0.0992. The summed E-state index contributed by atoms with van der Waals surface area (Å²) < 4.78 is 15.3. The standard InChI is InChI=1S/C54H34N2O2/c1-2-13-33(14-3-1)36-15-4-8-20-43(36)56-44-21-9-5-17-40(44)53-47(56)30-29-46-54(53)42-31-34(37-19-12-24-50-52(37)41-18-7-11-23-49(41)57-50)25-28-45(42)55(46)35-26-27-39-38-16-6-10-22-48(38)58-51(39)32-35/h1-30,32,42H,31H2. The van der Waals surface area contributed by atoms with Gasteiger partial charge in [-0.2, -0.15) is 0 Å². The SMILES string of the molecule is C1=C(c2cccc3oc4ccccc4c23)CC2C(=C1)N(c1ccc3c(c1)oc1ccccc13)c1ccc3c(c12)c1ccccc1n3-c1ccccc1-c1ccccc1. The molecule has 1 atom stereocenters. The number of benzene rings is 8. The molecule has 0 bridgehead atoms. The van der Waals surface area contributed by atoms with Crippen LogP contribution in [0.15, 0.2) is 203 Å². The summed E-state index contributed by atoms with van der Waals surface area (Å²) in [5.74, 6) is 0.0992. The Kier molecular flexibility index (Phi) is 6.53. The molecule has 1 aliphatic heterocycles. The highest BCUT2D eigenvalue weighted by atomic mass is 16.3. The molecule has 4 heteroatoms. The highest BCUT2D eigenvalue weighted by molar-refractivity contribution is 6.15. The van der Waals surface area contributed by atoms with Gasteiger partial charge in [0.25, 0.3) is 0 Å². The van der Waals surface area contributed by atoms with Gasteiger partial charge in [0.15, 0.2) is 0 Å². The van der Waals surface area contributed by atoms with Crippen LogP contribution in [-0.4, -0.2) is 4.57 Å². The summed E-state index contributed by atoms with van der Waals surface area (Å²) in [6.45, 7) is 0. The van der Waals surface area contributed by atoms with E-state index in [1.165, 1.54) is 72.1 Å². The summed E-state index contributed by atoms with van der Waals surface area (Å²) in [5, 5.41) is 7.15. The number of allylic oxidation sites excluding steroid dienone is 4. The molecule has 0 amide bonds. The van der Waals surface area contributed by atoms with Gasteiger partial charge >= 0.3 is 0 Å². The summed E-state index contributed by atoms with van der Waals surface area (Å²) >= 11 is 0. The molecule has 13 rings (SSSR count). The zero-order valence-electron chi connectivity index (χ0n) is 31.4. The Morgan fingerprint density at radius 3 is 2.03 bits per heavy atom. The van der Waals surface area contributed by atoms with Crippen molar-refractivity contribution in [1.29, 1.82) is 0 Å². The van der Waals surface area contributed by atoms with Crippen molar-refractivity contribution in [1.82, 2.24) is 4.57 Å². The van der Waals surface area contributed by atoms with Gasteiger partial charge < -0.3 is 18.3 Å². The number of rotatable bonds is 4. The van der Waals surface area contributed by atoms with Crippen molar-refractivity contribution in [2.45, 2.75) is 12.3 Å². The minimum Gasteiger partial charge on any atom is -0.456 e. The first-order chi connectivity index (χ1) is 28.8. The van der Waals surface area contributed by atoms with Crippen LogP contribution in [-0.2, 0) is 0 Å². The summed E-state index contributed by atoms with van der Waals surface area (Å²) in [7, 11) is 0. The van der Waals surface area contributed by atoms with Gasteiger partial charge in [-0.25, -0.2) is 0 Å². The first kappa shape index (κ1) is 31.6. The maximum Gasteiger partial charge on any atom is 0.137 e. The maximum absolute atomic E-state index is 6.48. The van der Waals surface area contributed by atoms with Gasteiger partial charge in [0.2, 0.25) is 0 Å². The predicted octanol–water partition coefficient (Wildman–Crippen LogP) is 14.9. The van der Waals surface area contributed by atoms with Crippen molar-refractivity contribution in [2.75, 3.05) is 4.90 Å². The van der Waals surface area contributed by atoms with Gasteiger partial charge in [-0.3, -0.25) is 0 Å². The lowest BCUT2D eigenvalue weighted by Crippen LogP contribution is -2.15. The molecule has 2 aliphatic rings. The fourth-order valence-electron chi connectivity index (χ4n) is 10.1. The van der Waals surface area contributed by atoms with Gasteiger partial charge in [0.05, 0.1) is 22.4 Å². The molecule has 0 N–H and O–H groups in total. The molecule has 1 unspecified atom stereocenters. The highest BCUT2D eigenvalue weighted by Crippen LogP contribution is 2.57. The lowest BCUT2D eigenvalue weighted by molar-refractivity contribution is 0.668. The molecule has 11 aromatic rings. The van der Waals surface area contributed by atoms with Crippen LogP contribution in [0.3, 0.4) is 0 Å². The number of para-hydroxylation sites is 4. The molecule has 3 aromatic heterocycles. The van der Waals surface area contributed by atoms with Gasteiger partial charge in [-0.1, -0.05) is 121 Å². The van der Waals surface area contributed by atoms with Gasteiger partial charge in [-0.15, -0.1) is 0 Å². The molecular formula is C54H34N2O2. The van der Waals surface area contributed by atoms with E-state index in [2.05, 4.69) is 185 Å². The third-order valence-corrected chi connectivity index (χ3v) is 12.5. The van der Waals surface area contributed by atoms with Crippen LogP contribution < -0.4 is 4.90 Å². The number of hydrogen-bond donors (Lipinski definition) is 0. The second kappa shape index (κ2) is 12.0. The second-order valence-corrected chi connectivity index (χ2v) is 15.6. The van der Waals surface area contributed by atoms with E-state index >= 15 is 0 Å². The lowest BCUT2D eigenvalue weighted by Gasteiger charge is -2.26. The second-order valence-electron chi connectivity index (χ2n) is 15.6. The third kappa shape index (κ3) is 4.40. The number of anilines is 2. The molecule has 4 heterocycles. The smallest absolute Gasteiger partial charge is 0.137 e. The van der Waals surface area contributed by atoms with Crippen LogP contribution in [0.2, 0.25) is 0 Å². The molecule has 0 radical (unpaired) electrons. The number of hydrogen-bond acceptors (Lipinski definition) is 3. The van der Waals surface area contributed by atoms with Crippen molar-refractivity contribution in [3.63, 3.8) is 0 Å². The zero-order chi connectivity index (χ0) is 37.9. The summed E-state index contributed by atoms with van der Waals surface area (Å²) in [6.07, 6.45) is 5.56. The van der Waals surface area contributed by atoms with Crippen molar-refractivity contribution >= 4 is 82.6 Å². The fourth-order valence-corrected chi connectivity index (χ4v) is 10.1. The first-order valence-electron chi connectivity index (χ1n) is 20.0. The van der Waals surface area contributed by atoms with Crippen molar-refractivity contribution in [3.05, 3.63) is 205 Å². The predicted molar refractivity (Wildman–Crippen MR) is 239 cm³/mol. The largest absolute Gasteiger partial charge is 0.456 e. The van der Waals surface area contributed by atoms with E-state index in [4.69, 9.17) is 8.83 Å². The Labute approximate surface area is 333 Å². The summed E-state index contributed by atoms with van der Waals surface area (Å²) in [6, 6.07) is 63.1. The Balaban J connectivity index is 1.08. The topological polar surface area (TPSA) is 34.5 Å². The van der Waals surface area contributed by atoms with Crippen molar-refractivity contribution in [2.24, 2.45) is 0 Å². The average molecular weight is 743 g/mol. The molecule has 58 heavy (non-hydrogen) atoms. The fraction of sp³-hybridized carbons (Fsp3) is 0.0370. The molecule has 272 valence electrons. The van der Waals surface area contributed by atoms with Gasteiger partial charge in [-0.05, 0) is 89.4 Å². The summed E-state index contributed by atoms with van der Waals surface area (Å²) in [4.78, 5) is 2.48. The Hall–Kier alpha value is -7.56. The molecule has 0 spiro atoms. The molecule has 1 aliphatic carbocycles. The van der Waals surface area contributed by atoms with E-state index in [9.17, 15) is 0 Å². The number of nitrogens with zero attached hydrogens (tertiary/aromatic N) is 2. The minimum atomic E-state index is 0.0992. The monoisotopic (exact) mass is 742 g/mol. The average Bonchev–Trinajstić information content (AvgIpc) is 4.03. The van der Waals surface area contributed by atoms with Gasteiger partial charge in [0, 0.05) is 61.2 Å². The molecule has 8 aromatic carbocycles. The number of aromatic nitrogens is 1. The normalized spacial score (nSPS) is 15.2. The molecule has 4 nitrogen and oxygen atoms in total. The van der Waals surface area contributed by atoms with Crippen LogP contribution in [0.25, 0.3) is 88.1 Å². The lowest BCUT2D eigenvalue weighted by atomic mass is 9.82. The zero-order valence-corrected chi connectivity index (χ0v) is 31.4. The van der Waals surface area contributed by atoms with Crippen molar-refractivity contribution in [3.8, 4) is 16.8 Å². The Morgan fingerprint density at radius 2 is 1.14 bits per heavy atom. The van der Waals surface area contributed by atoms with Crippen molar-refractivity contribution < 1.29 is 8.83 Å². The molecule has 0 fully saturated rings. The highest BCUT2D eigenvalue weighted by Gasteiger charge is 2.39. The van der Waals surface area contributed by atoms with E-state index in [0.29, 0.717) is 0 Å². The van der Waals surface area contributed by atoms with Crippen LogP contribution in [0, 0.1) is 0 Å². The maximum atomic E-state index is 6.48. The van der Waals surface area contributed by atoms with E-state index in [-0.39, 0.29) is 5.92 Å². The number of furan rings is 2. The number of fused-ring (bicyclic) bond motifs is 13. The van der Waals surface area contributed by atoms with Crippen LogP contribution in [0.5, 0.6) is 0 Å². The van der Waals surface area contributed by atoms with E-state index in [1.807, 2.05) is 12.1 Å².